The van der Waals surface area contributed by atoms with Crippen molar-refractivity contribution in [2.45, 2.75) is 33.7 Å². The van der Waals surface area contributed by atoms with E-state index in [4.69, 9.17) is 0 Å². The molecule has 3 rings (SSSR count). The number of benzene rings is 1. The van der Waals surface area contributed by atoms with Crippen molar-refractivity contribution in [3.63, 3.8) is 0 Å². The molecule has 0 radical (unpaired) electrons. The van der Waals surface area contributed by atoms with E-state index in [2.05, 4.69) is 28.6 Å². The fourth-order valence-electron chi connectivity index (χ4n) is 3.10. The van der Waals surface area contributed by atoms with Crippen molar-refractivity contribution in [3.05, 3.63) is 70.5 Å². The van der Waals surface area contributed by atoms with Crippen LogP contribution in [-0.2, 0) is 6.54 Å². The predicted molar refractivity (Wildman–Crippen MR) is 102 cm³/mol. The van der Waals surface area contributed by atoms with Gasteiger partial charge in [0.1, 0.15) is 0 Å². The van der Waals surface area contributed by atoms with E-state index in [-0.39, 0.29) is 5.91 Å². The highest BCUT2D eigenvalue weighted by atomic mass is 32.1. The minimum absolute atomic E-state index is 0.0848. The molecule has 130 valence electrons. The second-order valence-corrected chi connectivity index (χ2v) is 7.02. The molecule has 2 heterocycles. The third-order valence-electron chi connectivity index (χ3n) is 4.27. The summed E-state index contributed by atoms with van der Waals surface area (Å²) in [6, 6.07) is 12.1. The van der Waals surface area contributed by atoms with Crippen LogP contribution in [0.25, 0.3) is 5.13 Å². The molecule has 4 nitrogen and oxygen atoms in total. The van der Waals surface area contributed by atoms with Gasteiger partial charge in [-0.3, -0.25) is 9.36 Å². The molecule has 0 atom stereocenters. The van der Waals surface area contributed by atoms with Gasteiger partial charge in [-0.05, 0) is 31.9 Å². The number of amides is 1. The predicted octanol–water partition coefficient (Wildman–Crippen LogP) is 4.60. The molecule has 2 aromatic heterocycles. The first-order chi connectivity index (χ1) is 12.1. The molecule has 0 saturated heterocycles. The molecule has 0 N–H and O–H groups in total. The summed E-state index contributed by atoms with van der Waals surface area (Å²) in [7, 11) is 0. The second kappa shape index (κ2) is 7.66. The van der Waals surface area contributed by atoms with Gasteiger partial charge in [0.25, 0.3) is 5.91 Å². The van der Waals surface area contributed by atoms with Gasteiger partial charge in [-0.25, -0.2) is 4.98 Å². The molecule has 0 bridgehead atoms. The monoisotopic (exact) mass is 353 g/mol. The average molecular weight is 353 g/mol. The smallest absolute Gasteiger partial charge is 0.255 e. The highest BCUT2D eigenvalue weighted by Crippen LogP contribution is 2.24. The molecule has 25 heavy (non-hydrogen) atoms. The first-order valence-electron chi connectivity index (χ1n) is 8.53. The quantitative estimate of drug-likeness (QED) is 0.649. The third-order valence-corrected chi connectivity index (χ3v) is 5.03. The lowest BCUT2D eigenvalue weighted by Gasteiger charge is -2.22. The summed E-state index contributed by atoms with van der Waals surface area (Å²) < 4.78 is 2.06. The van der Waals surface area contributed by atoms with Crippen LogP contribution in [0.4, 0.5) is 0 Å². The fourth-order valence-corrected chi connectivity index (χ4v) is 3.85. The maximum atomic E-state index is 13.2. The summed E-state index contributed by atoms with van der Waals surface area (Å²) >= 11 is 1.58. The molecule has 0 aliphatic heterocycles. The molecular formula is C20H23N3OS. The zero-order valence-corrected chi connectivity index (χ0v) is 15.7. The summed E-state index contributed by atoms with van der Waals surface area (Å²) in [5.41, 5.74) is 3.90. The van der Waals surface area contributed by atoms with Gasteiger partial charge in [-0.2, -0.15) is 0 Å². The van der Waals surface area contributed by atoms with Gasteiger partial charge >= 0.3 is 0 Å². The molecule has 0 saturated carbocycles. The number of hydrogen-bond acceptors (Lipinski definition) is 3. The van der Waals surface area contributed by atoms with E-state index in [1.54, 1.807) is 17.5 Å². The number of aromatic nitrogens is 2. The van der Waals surface area contributed by atoms with E-state index in [0.717, 1.165) is 40.6 Å². The summed E-state index contributed by atoms with van der Waals surface area (Å²) in [6.07, 6.45) is 2.73. The van der Waals surface area contributed by atoms with Crippen molar-refractivity contribution in [1.82, 2.24) is 14.5 Å². The van der Waals surface area contributed by atoms with Crippen LogP contribution in [0.1, 0.15) is 40.7 Å². The van der Waals surface area contributed by atoms with Gasteiger partial charge in [0.15, 0.2) is 5.13 Å². The molecule has 0 spiro atoms. The first kappa shape index (κ1) is 17.4. The van der Waals surface area contributed by atoms with Crippen molar-refractivity contribution in [1.29, 1.82) is 0 Å². The van der Waals surface area contributed by atoms with E-state index in [9.17, 15) is 4.79 Å². The zero-order valence-electron chi connectivity index (χ0n) is 14.9. The summed E-state index contributed by atoms with van der Waals surface area (Å²) in [4.78, 5) is 19.5. The van der Waals surface area contributed by atoms with E-state index < -0.39 is 0 Å². The molecule has 1 amide bonds. The number of carbonyl (C=O) groups is 1. The van der Waals surface area contributed by atoms with Crippen molar-refractivity contribution in [2.24, 2.45) is 0 Å². The lowest BCUT2D eigenvalue weighted by molar-refractivity contribution is 0.0742. The number of hydrogen-bond donors (Lipinski definition) is 0. The Bertz CT molecular complexity index is 837. The summed E-state index contributed by atoms with van der Waals surface area (Å²) in [5, 5.41) is 2.85. The lowest BCUT2D eigenvalue weighted by Crippen LogP contribution is -2.31. The zero-order chi connectivity index (χ0) is 17.8. The Labute approximate surface area is 152 Å². The Morgan fingerprint density at radius 1 is 1.24 bits per heavy atom. The standard InChI is InChI=1S/C20H23N3OS/c1-4-11-22(14-17-8-6-5-7-9-17)19(24)18-13-15(2)23(16(18)3)20-21-10-12-25-20/h5-10,12-13H,4,11,14H2,1-3H3. The van der Waals surface area contributed by atoms with Gasteiger partial charge in [0, 0.05) is 36.1 Å². The minimum Gasteiger partial charge on any atom is -0.334 e. The maximum absolute atomic E-state index is 13.2. The SMILES string of the molecule is CCCN(Cc1ccccc1)C(=O)c1cc(C)n(-c2nccs2)c1C. The second-order valence-electron chi connectivity index (χ2n) is 6.15. The van der Waals surface area contributed by atoms with Crippen molar-refractivity contribution in [2.75, 3.05) is 6.54 Å². The van der Waals surface area contributed by atoms with Crippen LogP contribution in [0.5, 0.6) is 0 Å². The molecule has 0 aliphatic rings. The number of aryl methyl sites for hydroxylation is 1. The Hall–Kier alpha value is -2.40. The topological polar surface area (TPSA) is 38.1 Å². The average Bonchev–Trinajstić information content (AvgIpc) is 3.22. The van der Waals surface area contributed by atoms with Crippen LogP contribution < -0.4 is 0 Å². The fraction of sp³-hybridized carbons (Fsp3) is 0.300. The van der Waals surface area contributed by atoms with Crippen LogP contribution in [-0.4, -0.2) is 26.9 Å². The van der Waals surface area contributed by atoms with E-state index in [1.807, 2.05) is 48.4 Å². The van der Waals surface area contributed by atoms with Crippen LogP contribution in [0, 0.1) is 13.8 Å². The summed E-state index contributed by atoms with van der Waals surface area (Å²) in [5.74, 6) is 0.0848. The van der Waals surface area contributed by atoms with E-state index in [1.165, 1.54) is 0 Å². The highest BCUT2D eigenvalue weighted by Gasteiger charge is 2.22. The number of carbonyl (C=O) groups excluding carboxylic acids is 1. The van der Waals surface area contributed by atoms with Gasteiger partial charge < -0.3 is 4.90 Å². The largest absolute Gasteiger partial charge is 0.334 e. The van der Waals surface area contributed by atoms with Crippen molar-refractivity contribution < 1.29 is 4.79 Å². The molecule has 3 aromatic rings. The van der Waals surface area contributed by atoms with E-state index >= 15 is 0 Å². The van der Waals surface area contributed by atoms with Crippen molar-refractivity contribution in [3.8, 4) is 5.13 Å². The van der Waals surface area contributed by atoms with Crippen LogP contribution in [0.3, 0.4) is 0 Å². The number of rotatable bonds is 6. The molecule has 1 aromatic carbocycles. The van der Waals surface area contributed by atoms with Crippen LogP contribution in [0.2, 0.25) is 0 Å². The van der Waals surface area contributed by atoms with Gasteiger partial charge in [0.2, 0.25) is 0 Å². The summed E-state index contributed by atoms with van der Waals surface area (Å²) in [6.45, 7) is 7.49. The van der Waals surface area contributed by atoms with Crippen molar-refractivity contribution >= 4 is 17.2 Å². The van der Waals surface area contributed by atoms with Gasteiger partial charge in [-0.1, -0.05) is 37.3 Å². The molecule has 5 heteroatoms. The molecule has 0 unspecified atom stereocenters. The van der Waals surface area contributed by atoms with Crippen LogP contribution in [0.15, 0.2) is 48.0 Å². The Balaban J connectivity index is 1.91. The normalized spacial score (nSPS) is 10.8. The van der Waals surface area contributed by atoms with Crippen LogP contribution >= 0.6 is 11.3 Å². The molecular weight excluding hydrogens is 330 g/mol. The highest BCUT2D eigenvalue weighted by molar-refractivity contribution is 7.12. The Kier molecular flexibility index (Phi) is 5.34. The molecule has 0 fully saturated rings. The number of nitrogens with zero attached hydrogens (tertiary/aromatic N) is 3. The van der Waals surface area contributed by atoms with Gasteiger partial charge in [-0.15, -0.1) is 11.3 Å². The lowest BCUT2D eigenvalue weighted by atomic mass is 10.1. The third kappa shape index (κ3) is 3.66. The minimum atomic E-state index is 0.0848. The first-order valence-corrected chi connectivity index (χ1v) is 9.41. The number of thiazole rings is 1. The Morgan fingerprint density at radius 2 is 2.00 bits per heavy atom. The Morgan fingerprint density at radius 3 is 2.64 bits per heavy atom. The maximum Gasteiger partial charge on any atom is 0.255 e. The van der Waals surface area contributed by atoms with Gasteiger partial charge in [0.05, 0.1) is 5.56 Å². The molecule has 0 aliphatic carbocycles. The van der Waals surface area contributed by atoms with E-state index in [0.29, 0.717) is 6.54 Å².